The van der Waals surface area contributed by atoms with E-state index in [-0.39, 0.29) is 28.5 Å². The van der Waals surface area contributed by atoms with E-state index in [1.165, 1.54) is 5.56 Å². The first-order valence-corrected chi connectivity index (χ1v) is 9.59. The Hall–Kier alpha value is -3.40. The second-order valence-corrected chi connectivity index (χ2v) is 7.43. The zero-order valence-electron chi connectivity index (χ0n) is 15.3. The van der Waals surface area contributed by atoms with E-state index in [1.54, 1.807) is 12.1 Å². The number of rotatable bonds is 3. The van der Waals surface area contributed by atoms with Crippen LogP contribution in [0.4, 0.5) is 11.4 Å². The van der Waals surface area contributed by atoms with E-state index in [0.717, 1.165) is 28.8 Å². The van der Waals surface area contributed by atoms with Gasteiger partial charge in [-0.2, -0.15) is 0 Å². The van der Waals surface area contributed by atoms with Crippen LogP contribution in [0.5, 0.6) is 0 Å². The summed E-state index contributed by atoms with van der Waals surface area (Å²) in [5.41, 5.74) is 5.60. The second-order valence-electron chi connectivity index (χ2n) is 7.43. The van der Waals surface area contributed by atoms with Crippen LogP contribution in [0, 0.1) is 16.0 Å². The highest BCUT2D eigenvalue weighted by molar-refractivity contribution is 5.82. The van der Waals surface area contributed by atoms with Crippen molar-refractivity contribution in [2.45, 2.75) is 18.4 Å². The lowest BCUT2D eigenvalue weighted by molar-refractivity contribution is -0.385. The van der Waals surface area contributed by atoms with Gasteiger partial charge >= 0.3 is 0 Å². The molecule has 2 aliphatic rings. The minimum atomic E-state index is -0.271. The van der Waals surface area contributed by atoms with E-state index in [2.05, 4.69) is 47.8 Å². The quantitative estimate of drug-likeness (QED) is 0.346. The maximum absolute atomic E-state index is 11.7. The molecule has 0 amide bonds. The lowest BCUT2D eigenvalue weighted by Gasteiger charge is -2.38. The van der Waals surface area contributed by atoms with Crippen molar-refractivity contribution in [2.75, 3.05) is 5.32 Å². The van der Waals surface area contributed by atoms with Crippen LogP contribution in [0.1, 0.15) is 29.5 Å². The molecular formula is C24H20N2O2. The summed E-state index contributed by atoms with van der Waals surface area (Å²) in [5.74, 6) is 0.546. The van der Waals surface area contributed by atoms with E-state index in [1.807, 2.05) is 30.3 Å². The number of nitrogens with zero attached hydrogens (tertiary/aromatic N) is 1. The number of nitrogens with one attached hydrogen (secondary N) is 1. The molecule has 1 N–H and O–H groups in total. The zero-order valence-corrected chi connectivity index (χ0v) is 15.3. The SMILES string of the molecule is O=[N+]([O-])c1ccccc1[C@H]1Nc2c(-c3ccccc3)cccc2[C@@H]2C=CC[C@@H]12. The Morgan fingerprint density at radius 1 is 0.893 bits per heavy atom. The fourth-order valence-electron chi connectivity index (χ4n) is 4.70. The Bertz CT molecular complexity index is 1070. The van der Waals surface area contributed by atoms with Gasteiger partial charge in [-0.15, -0.1) is 0 Å². The smallest absolute Gasteiger partial charge is 0.274 e. The van der Waals surface area contributed by atoms with Crippen molar-refractivity contribution in [3.63, 3.8) is 0 Å². The third-order valence-electron chi connectivity index (χ3n) is 5.95. The van der Waals surface area contributed by atoms with Crippen molar-refractivity contribution in [3.05, 3.63) is 106 Å². The van der Waals surface area contributed by atoms with Crippen LogP contribution < -0.4 is 5.32 Å². The average Bonchev–Trinajstić information content (AvgIpc) is 3.23. The molecule has 0 bridgehead atoms. The van der Waals surface area contributed by atoms with Gasteiger partial charge in [0.15, 0.2) is 0 Å². The summed E-state index contributed by atoms with van der Waals surface area (Å²) in [6.07, 6.45) is 5.40. The van der Waals surface area contributed by atoms with Gasteiger partial charge in [-0.3, -0.25) is 10.1 Å². The molecule has 28 heavy (non-hydrogen) atoms. The van der Waals surface area contributed by atoms with Crippen molar-refractivity contribution in [1.29, 1.82) is 0 Å². The summed E-state index contributed by atoms with van der Waals surface area (Å²) < 4.78 is 0. The highest BCUT2D eigenvalue weighted by atomic mass is 16.6. The Balaban J connectivity index is 1.68. The lowest BCUT2D eigenvalue weighted by Crippen LogP contribution is -2.30. The molecule has 1 heterocycles. The molecule has 0 saturated heterocycles. The fraction of sp³-hybridized carbons (Fsp3) is 0.167. The van der Waals surface area contributed by atoms with E-state index in [0.29, 0.717) is 0 Å². The van der Waals surface area contributed by atoms with Crippen molar-refractivity contribution < 1.29 is 4.92 Å². The second kappa shape index (κ2) is 6.64. The number of hydrogen-bond donors (Lipinski definition) is 1. The molecule has 0 fully saturated rings. The molecule has 3 atom stereocenters. The van der Waals surface area contributed by atoms with Crippen molar-refractivity contribution >= 4 is 11.4 Å². The van der Waals surface area contributed by atoms with Crippen LogP contribution >= 0.6 is 0 Å². The normalized spacial score (nSPS) is 22.2. The molecule has 1 aliphatic carbocycles. The number of fused-ring (bicyclic) bond motifs is 3. The number of allylic oxidation sites excluding steroid dienone is 2. The van der Waals surface area contributed by atoms with Gasteiger partial charge in [0.05, 0.1) is 16.5 Å². The van der Waals surface area contributed by atoms with Gasteiger partial charge in [0.2, 0.25) is 0 Å². The average molecular weight is 368 g/mol. The minimum absolute atomic E-state index is 0.0982. The van der Waals surface area contributed by atoms with E-state index in [4.69, 9.17) is 0 Å². The van der Waals surface area contributed by atoms with Gasteiger partial charge in [-0.05, 0) is 23.5 Å². The first-order chi connectivity index (χ1) is 13.7. The van der Waals surface area contributed by atoms with Crippen molar-refractivity contribution in [1.82, 2.24) is 0 Å². The highest BCUT2D eigenvalue weighted by Crippen LogP contribution is 2.53. The summed E-state index contributed by atoms with van der Waals surface area (Å²) in [4.78, 5) is 11.4. The van der Waals surface area contributed by atoms with Crippen LogP contribution in [-0.2, 0) is 0 Å². The van der Waals surface area contributed by atoms with Gasteiger partial charge in [-0.1, -0.05) is 78.9 Å². The third-order valence-corrected chi connectivity index (χ3v) is 5.95. The highest BCUT2D eigenvalue weighted by Gasteiger charge is 2.40. The molecule has 0 saturated carbocycles. The van der Waals surface area contributed by atoms with E-state index < -0.39 is 0 Å². The van der Waals surface area contributed by atoms with Crippen LogP contribution in [0.15, 0.2) is 84.9 Å². The molecule has 0 spiro atoms. The number of anilines is 1. The van der Waals surface area contributed by atoms with E-state index in [9.17, 15) is 10.1 Å². The molecule has 4 nitrogen and oxygen atoms in total. The summed E-state index contributed by atoms with van der Waals surface area (Å²) in [7, 11) is 0. The largest absolute Gasteiger partial charge is 0.377 e. The van der Waals surface area contributed by atoms with Gasteiger partial charge in [0.1, 0.15) is 0 Å². The van der Waals surface area contributed by atoms with Gasteiger partial charge in [0, 0.05) is 23.2 Å². The Morgan fingerprint density at radius 2 is 1.64 bits per heavy atom. The summed E-state index contributed by atoms with van der Waals surface area (Å²) >= 11 is 0. The molecule has 0 radical (unpaired) electrons. The van der Waals surface area contributed by atoms with Crippen LogP contribution in [0.3, 0.4) is 0 Å². The molecule has 138 valence electrons. The maximum atomic E-state index is 11.7. The third kappa shape index (κ3) is 2.61. The molecule has 0 unspecified atom stereocenters. The standard InChI is InChI=1S/C24H20N2O2/c27-26(28)22-15-5-4-10-21(22)24-20-14-7-12-18(20)19-13-6-11-17(23(19)25-24)16-8-2-1-3-9-16/h1-13,15,18,20,24-25H,14H2/t18-,20+,24-/m0/s1. The van der Waals surface area contributed by atoms with Crippen molar-refractivity contribution in [3.8, 4) is 11.1 Å². The number of benzene rings is 3. The number of nitro groups is 1. The molecule has 3 aromatic rings. The Labute approximate surface area is 163 Å². The topological polar surface area (TPSA) is 55.2 Å². The van der Waals surface area contributed by atoms with Crippen LogP contribution in [0.25, 0.3) is 11.1 Å². The predicted molar refractivity (Wildman–Crippen MR) is 111 cm³/mol. The fourth-order valence-corrected chi connectivity index (χ4v) is 4.70. The van der Waals surface area contributed by atoms with Crippen LogP contribution in [0.2, 0.25) is 0 Å². The first-order valence-electron chi connectivity index (χ1n) is 9.59. The molecule has 1 aliphatic heterocycles. The predicted octanol–water partition coefficient (Wildman–Crippen LogP) is 6.09. The van der Waals surface area contributed by atoms with E-state index >= 15 is 0 Å². The molecular weight excluding hydrogens is 348 g/mol. The molecule has 4 heteroatoms. The van der Waals surface area contributed by atoms with Crippen molar-refractivity contribution in [2.24, 2.45) is 5.92 Å². The summed E-state index contributed by atoms with van der Waals surface area (Å²) in [6.45, 7) is 0. The Morgan fingerprint density at radius 3 is 2.46 bits per heavy atom. The summed E-state index contributed by atoms with van der Waals surface area (Å²) in [5, 5.41) is 15.4. The zero-order chi connectivity index (χ0) is 19.1. The first kappa shape index (κ1) is 16.8. The molecule has 3 aromatic carbocycles. The number of nitro benzene ring substituents is 1. The van der Waals surface area contributed by atoms with Crippen LogP contribution in [-0.4, -0.2) is 4.92 Å². The van der Waals surface area contributed by atoms with Gasteiger partial charge in [-0.25, -0.2) is 0 Å². The summed E-state index contributed by atoms with van der Waals surface area (Å²) in [6, 6.07) is 23.7. The lowest BCUT2D eigenvalue weighted by atomic mass is 9.75. The number of para-hydroxylation sites is 2. The molecule has 0 aromatic heterocycles. The Kier molecular flexibility index (Phi) is 3.97. The monoisotopic (exact) mass is 368 g/mol. The maximum Gasteiger partial charge on any atom is 0.274 e. The minimum Gasteiger partial charge on any atom is -0.377 e. The number of hydrogen-bond acceptors (Lipinski definition) is 3. The van der Waals surface area contributed by atoms with Gasteiger partial charge in [0.25, 0.3) is 5.69 Å². The molecule has 5 rings (SSSR count). The van der Waals surface area contributed by atoms with Gasteiger partial charge < -0.3 is 5.32 Å².